The Morgan fingerprint density at radius 2 is 1.56 bits per heavy atom. The normalized spacial score (nSPS) is 15.0. The van der Waals surface area contributed by atoms with E-state index in [1.165, 1.54) is 43.0 Å². The van der Waals surface area contributed by atoms with Crippen LogP contribution in [-0.2, 0) is 30.4 Å². The molecule has 0 spiro atoms. The summed E-state index contributed by atoms with van der Waals surface area (Å²) in [7, 11) is 0. The van der Waals surface area contributed by atoms with E-state index >= 15 is 0 Å². The number of nitrogens with two attached hydrogens (primary N) is 2. The first-order valence-corrected chi connectivity index (χ1v) is 12.4. The van der Waals surface area contributed by atoms with Gasteiger partial charge in [-0.15, -0.1) is 0 Å². The smallest absolute Gasteiger partial charge is 0.326 e. The number of primary amides is 1. The van der Waals surface area contributed by atoms with Gasteiger partial charge in [-0.1, -0.05) is 12.1 Å². The second kappa shape index (κ2) is 14.9. The highest BCUT2D eigenvalue weighted by molar-refractivity contribution is 7.98. The van der Waals surface area contributed by atoms with Crippen LogP contribution in [0.3, 0.4) is 0 Å². The van der Waals surface area contributed by atoms with Gasteiger partial charge in [0, 0.05) is 6.42 Å². The third kappa shape index (κ3) is 10.5. The average Bonchev–Trinajstić information content (AvgIpc) is 2.79. The summed E-state index contributed by atoms with van der Waals surface area (Å²) >= 11 is 1.39. The molecular weight excluding hydrogens is 494 g/mol. The molecule has 0 fully saturated rings. The molecular formula is C22H33N5O8S. The van der Waals surface area contributed by atoms with Crippen LogP contribution in [0.15, 0.2) is 24.3 Å². The predicted molar refractivity (Wildman–Crippen MR) is 132 cm³/mol. The molecule has 5 atom stereocenters. The van der Waals surface area contributed by atoms with Crippen LogP contribution in [-0.4, -0.2) is 87.2 Å². The predicted octanol–water partition coefficient (Wildman–Crippen LogP) is -2.19. The molecule has 14 heteroatoms. The van der Waals surface area contributed by atoms with Crippen molar-refractivity contribution in [3.63, 3.8) is 0 Å². The second-order valence-corrected chi connectivity index (χ2v) is 9.10. The molecule has 1 aromatic rings. The number of hydrogen-bond donors (Lipinski definition) is 8. The summed E-state index contributed by atoms with van der Waals surface area (Å²) in [6, 6.07) is 0.354. The minimum absolute atomic E-state index is 0.0208. The summed E-state index contributed by atoms with van der Waals surface area (Å²) in [5.74, 6) is -4.31. The van der Waals surface area contributed by atoms with Crippen LogP contribution in [0.2, 0.25) is 0 Å². The molecule has 5 unspecified atom stereocenters. The lowest BCUT2D eigenvalue weighted by Crippen LogP contribution is -2.60. The number of phenols is 1. The number of hydrogen-bond acceptors (Lipinski definition) is 9. The van der Waals surface area contributed by atoms with E-state index in [0.29, 0.717) is 11.3 Å². The maximum absolute atomic E-state index is 13.1. The summed E-state index contributed by atoms with van der Waals surface area (Å²) in [4.78, 5) is 60.8. The zero-order chi connectivity index (χ0) is 27.4. The topological polar surface area (TPSA) is 234 Å². The molecule has 0 aliphatic carbocycles. The van der Waals surface area contributed by atoms with Crippen LogP contribution >= 0.6 is 11.8 Å². The second-order valence-electron chi connectivity index (χ2n) is 8.12. The monoisotopic (exact) mass is 527 g/mol. The number of aromatic hydroxyl groups is 1. The van der Waals surface area contributed by atoms with Crippen LogP contribution in [0, 0.1) is 0 Å². The molecule has 0 aromatic heterocycles. The number of carboxylic acids is 1. The van der Waals surface area contributed by atoms with Crippen molar-refractivity contribution in [2.45, 2.75) is 56.5 Å². The molecule has 36 heavy (non-hydrogen) atoms. The first-order valence-electron chi connectivity index (χ1n) is 11.0. The van der Waals surface area contributed by atoms with Crippen LogP contribution in [0.1, 0.15) is 25.3 Å². The van der Waals surface area contributed by atoms with Crippen molar-refractivity contribution < 1.29 is 39.3 Å². The van der Waals surface area contributed by atoms with Crippen molar-refractivity contribution in [3.05, 3.63) is 29.8 Å². The summed E-state index contributed by atoms with van der Waals surface area (Å²) in [5.41, 5.74) is 11.3. The molecule has 0 radical (unpaired) electrons. The van der Waals surface area contributed by atoms with Crippen molar-refractivity contribution in [3.8, 4) is 5.75 Å². The zero-order valence-corrected chi connectivity index (χ0v) is 20.8. The number of aliphatic hydroxyl groups excluding tert-OH is 1. The van der Waals surface area contributed by atoms with Crippen molar-refractivity contribution in [2.24, 2.45) is 11.5 Å². The average molecular weight is 528 g/mol. The fourth-order valence-electron chi connectivity index (χ4n) is 3.08. The van der Waals surface area contributed by atoms with Gasteiger partial charge in [-0.25, -0.2) is 4.79 Å². The number of aliphatic carboxylic acids is 1. The van der Waals surface area contributed by atoms with Gasteiger partial charge in [0.15, 0.2) is 0 Å². The highest BCUT2D eigenvalue weighted by Gasteiger charge is 2.33. The van der Waals surface area contributed by atoms with Gasteiger partial charge in [-0.2, -0.15) is 11.8 Å². The summed E-state index contributed by atoms with van der Waals surface area (Å²) in [5, 5.41) is 36.0. The minimum Gasteiger partial charge on any atom is -0.508 e. The molecule has 10 N–H and O–H groups in total. The molecule has 4 amide bonds. The Kier molecular flexibility index (Phi) is 12.7. The number of nitrogens with one attached hydrogen (secondary N) is 3. The lowest BCUT2D eigenvalue weighted by Gasteiger charge is -2.26. The van der Waals surface area contributed by atoms with Gasteiger partial charge in [0.05, 0.1) is 18.6 Å². The van der Waals surface area contributed by atoms with Crippen molar-refractivity contribution in [1.29, 1.82) is 0 Å². The quantitative estimate of drug-likeness (QED) is 0.123. The third-order valence-electron chi connectivity index (χ3n) is 5.05. The van der Waals surface area contributed by atoms with Crippen molar-refractivity contribution >= 4 is 41.4 Å². The van der Waals surface area contributed by atoms with Crippen LogP contribution in [0.25, 0.3) is 0 Å². The Bertz CT molecular complexity index is 928. The highest BCUT2D eigenvalue weighted by Crippen LogP contribution is 2.12. The summed E-state index contributed by atoms with van der Waals surface area (Å²) in [6.07, 6.45) is -0.0748. The minimum atomic E-state index is -1.54. The van der Waals surface area contributed by atoms with Gasteiger partial charge in [0.1, 0.15) is 23.9 Å². The number of amides is 4. The van der Waals surface area contributed by atoms with Gasteiger partial charge in [0.25, 0.3) is 0 Å². The number of rotatable bonds is 15. The maximum atomic E-state index is 13.1. The van der Waals surface area contributed by atoms with E-state index in [-0.39, 0.29) is 18.6 Å². The van der Waals surface area contributed by atoms with Crippen LogP contribution < -0.4 is 27.4 Å². The molecule has 13 nitrogen and oxygen atoms in total. The molecule has 200 valence electrons. The fraction of sp³-hybridized carbons (Fsp3) is 0.500. The molecule has 0 heterocycles. The molecule has 0 aliphatic heterocycles. The van der Waals surface area contributed by atoms with Gasteiger partial charge < -0.3 is 42.7 Å². The SMILES string of the molecule is CSCCC(NC(=O)C(NC(=O)C(Cc1ccc(O)cc1)NC(=O)C(N)CC(N)=O)C(C)O)C(=O)O. The van der Waals surface area contributed by atoms with Gasteiger partial charge in [-0.05, 0) is 43.0 Å². The van der Waals surface area contributed by atoms with E-state index in [9.17, 15) is 39.3 Å². The van der Waals surface area contributed by atoms with Crippen LogP contribution in [0.4, 0.5) is 0 Å². The Hall–Kier alpha value is -3.36. The van der Waals surface area contributed by atoms with E-state index in [4.69, 9.17) is 11.5 Å². The van der Waals surface area contributed by atoms with E-state index < -0.39 is 66.3 Å². The molecule has 0 bridgehead atoms. The van der Waals surface area contributed by atoms with Gasteiger partial charge in [-0.3, -0.25) is 19.2 Å². The standard InChI is InChI=1S/C22H33N5O8S/c1-11(28)18(21(33)25-15(22(34)35)7-8-36-2)27-20(32)16(9-12-3-5-13(29)6-4-12)26-19(31)14(23)10-17(24)30/h3-6,11,14-16,18,28-29H,7-10,23H2,1-2H3,(H2,24,30)(H,25,33)(H,26,31)(H,27,32)(H,34,35). The fourth-order valence-corrected chi connectivity index (χ4v) is 3.55. The number of phenolic OH excluding ortho intramolecular Hbond substituents is 1. The zero-order valence-electron chi connectivity index (χ0n) is 20.0. The van der Waals surface area contributed by atoms with E-state index in [0.717, 1.165) is 0 Å². The number of aliphatic hydroxyl groups is 1. The van der Waals surface area contributed by atoms with Gasteiger partial charge >= 0.3 is 5.97 Å². The molecule has 1 rings (SSSR count). The van der Waals surface area contributed by atoms with E-state index in [1.54, 1.807) is 6.26 Å². The van der Waals surface area contributed by atoms with Crippen molar-refractivity contribution in [2.75, 3.05) is 12.0 Å². The molecule has 0 saturated carbocycles. The lowest BCUT2D eigenvalue weighted by atomic mass is 10.0. The lowest BCUT2D eigenvalue weighted by molar-refractivity contribution is -0.143. The Balaban J connectivity index is 3.09. The third-order valence-corrected chi connectivity index (χ3v) is 5.70. The molecule has 0 aliphatic rings. The van der Waals surface area contributed by atoms with E-state index in [1.807, 2.05) is 0 Å². The number of thioether (sulfide) groups is 1. The molecule has 1 aromatic carbocycles. The van der Waals surface area contributed by atoms with Crippen molar-refractivity contribution in [1.82, 2.24) is 16.0 Å². The summed E-state index contributed by atoms with van der Waals surface area (Å²) < 4.78 is 0. The Morgan fingerprint density at radius 3 is 2.06 bits per heavy atom. The van der Waals surface area contributed by atoms with E-state index in [2.05, 4.69) is 16.0 Å². The highest BCUT2D eigenvalue weighted by atomic mass is 32.2. The van der Waals surface area contributed by atoms with Crippen LogP contribution in [0.5, 0.6) is 5.75 Å². The first-order chi connectivity index (χ1) is 16.8. The van der Waals surface area contributed by atoms with Gasteiger partial charge in [0.2, 0.25) is 23.6 Å². The molecule has 0 saturated heterocycles. The maximum Gasteiger partial charge on any atom is 0.326 e. The summed E-state index contributed by atoms with van der Waals surface area (Å²) in [6.45, 7) is 1.23. The number of carbonyl (C=O) groups excluding carboxylic acids is 4. The Labute approximate surface area is 212 Å². The number of benzene rings is 1. The number of carboxylic acid groups (broad SMARTS) is 1. The first kappa shape index (κ1) is 30.7. The largest absolute Gasteiger partial charge is 0.508 e. The number of carbonyl (C=O) groups is 5. The Morgan fingerprint density at radius 1 is 0.972 bits per heavy atom.